The van der Waals surface area contributed by atoms with Crippen molar-refractivity contribution < 1.29 is 9.53 Å². The summed E-state index contributed by atoms with van der Waals surface area (Å²) in [7, 11) is 0. The quantitative estimate of drug-likeness (QED) is 0.672. The molecule has 1 unspecified atom stereocenters. The fourth-order valence-corrected chi connectivity index (χ4v) is 1.91. The molecule has 2 N–H and O–H groups in total. The molecule has 3 nitrogen and oxygen atoms in total. The summed E-state index contributed by atoms with van der Waals surface area (Å²) in [4.78, 5) is 10.3. The first-order valence-corrected chi connectivity index (χ1v) is 4.92. The number of primary amides is 1. The number of hydrogen-bond acceptors (Lipinski definition) is 3. The number of thioether (sulfide) groups is 1. The highest BCUT2D eigenvalue weighted by atomic mass is 32.2. The molecule has 1 atom stereocenters. The molecule has 0 spiro atoms. The lowest BCUT2D eigenvalue weighted by Gasteiger charge is -2.06. The monoisotopic (exact) mass is 175 g/mol. The van der Waals surface area contributed by atoms with Gasteiger partial charge in [0.1, 0.15) is 0 Å². The molecule has 0 aromatic rings. The zero-order valence-corrected chi connectivity index (χ0v) is 7.23. The highest BCUT2D eigenvalue weighted by Crippen LogP contribution is 2.16. The van der Waals surface area contributed by atoms with Crippen LogP contribution in [0.4, 0.5) is 0 Å². The van der Waals surface area contributed by atoms with Crippen molar-refractivity contribution >= 4 is 17.7 Å². The Morgan fingerprint density at radius 2 is 2.55 bits per heavy atom. The van der Waals surface area contributed by atoms with Crippen molar-refractivity contribution in [1.29, 1.82) is 0 Å². The molecular weight excluding hydrogens is 162 g/mol. The van der Waals surface area contributed by atoms with Gasteiger partial charge in [0.15, 0.2) is 0 Å². The van der Waals surface area contributed by atoms with Crippen molar-refractivity contribution in [2.75, 3.05) is 18.1 Å². The third kappa shape index (κ3) is 3.62. The van der Waals surface area contributed by atoms with Crippen molar-refractivity contribution in [1.82, 2.24) is 0 Å². The van der Waals surface area contributed by atoms with Crippen molar-refractivity contribution in [2.24, 2.45) is 5.73 Å². The molecule has 1 amide bonds. The topological polar surface area (TPSA) is 52.3 Å². The van der Waals surface area contributed by atoms with Crippen LogP contribution < -0.4 is 5.73 Å². The SMILES string of the molecule is NC(=O)CSCC1CCCO1. The Morgan fingerprint density at radius 3 is 3.09 bits per heavy atom. The Morgan fingerprint density at radius 1 is 1.73 bits per heavy atom. The lowest BCUT2D eigenvalue weighted by Crippen LogP contribution is -2.16. The molecule has 0 aromatic carbocycles. The maximum atomic E-state index is 10.3. The number of carbonyl (C=O) groups is 1. The standard InChI is InChI=1S/C7H13NO2S/c8-7(9)5-11-4-6-2-1-3-10-6/h6H,1-5H2,(H2,8,9). The van der Waals surface area contributed by atoms with Gasteiger partial charge in [-0.15, -0.1) is 11.8 Å². The van der Waals surface area contributed by atoms with Crippen molar-refractivity contribution in [2.45, 2.75) is 18.9 Å². The summed E-state index contributed by atoms with van der Waals surface area (Å²) >= 11 is 1.56. The summed E-state index contributed by atoms with van der Waals surface area (Å²) in [5, 5.41) is 0. The van der Waals surface area contributed by atoms with Gasteiger partial charge in [-0.3, -0.25) is 4.79 Å². The van der Waals surface area contributed by atoms with E-state index in [-0.39, 0.29) is 5.91 Å². The van der Waals surface area contributed by atoms with Gasteiger partial charge < -0.3 is 10.5 Å². The summed E-state index contributed by atoms with van der Waals surface area (Å²) < 4.78 is 5.36. The fraction of sp³-hybridized carbons (Fsp3) is 0.857. The zero-order valence-electron chi connectivity index (χ0n) is 6.41. The predicted octanol–water partition coefficient (Wildman–Crippen LogP) is 0.384. The normalized spacial score (nSPS) is 23.8. The van der Waals surface area contributed by atoms with Crippen molar-refractivity contribution in [3.8, 4) is 0 Å². The van der Waals surface area contributed by atoms with Crippen LogP contribution >= 0.6 is 11.8 Å². The Hall–Kier alpha value is -0.220. The van der Waals surface area contributed by atoms with E-state index >= 15 is 0 Å². The molecule has 1 aliphatic rings. The number of amides is 1. The van der Waals surface area contributed by atoms with Gasteiger partial charge in [-0.05, 0) is 12.8 Å². The average molecular weight is 175 g/mol. The van der Waals surface area contributed by atoms with E-state index in [9.17, 15) is 4.79 Å². The van der Waals surface area contributed by atoms with Gasteiger partial charge in [-0.1, -0.05) is 0 Å². The van der Waals surface area contributed by atoms with Gasteiger partial charge in [-0.2, -0.15) is 0 Å². The lowest BCUT2D eigenvalue weighted by atomic mass is 10.3. The zero-order chi connectivity index (χ0) is 8.10. The van der Waals surface area contributed by atoms with E-state index in [2.05, 4.69) is 0 Å². The molecular formula is C7H13NO2S. The summed E-state index contributed by atoms with van der Waals surface area (Å²) in [6.45, 7) is 0.877. The number of carbonyl (C=O) groups excluding carboxylic acids is 1. The predicted molar refractivity (Wildman–Crippen MR) is 45.5 cm³/mol. The molecule has 0 saturated carbocycles. The largest absolute Gasteiger partial charge is 0.377 e. The molecule has 0 aromatic heterocycles. The third-order valence-corrected chi connectivity index (χ3v) is 2.67. The Labute approximate surface area is 70.7 Å². The molecule has 0 radical (unpaired) electrons. The number of ether oxygens (including phenoxy) is 1. The molecule has 11 heavy (non-hydrogen) atoms. The summed E-state index contributed by atoms with van der Waals surface area (Å²) in [6.07, 6.45) is 2.65. The second-order valence-corrected chi connectivity index (χ2v) is 3.65. The molecule has 1 heterocycles. The van der Waals surface area contributed by atoms with E-state index in [1.165, 1.54) is 0 Å². The van der Waals surface area contributed by atoms with Crippen LogP contribution in [-0.4, -0.2) is 30.1 Å². The molecule has 0 aliphatic carbocycles. The maximum Gasteiger partial charge on any atom is 0.227 e. The van der Waals surface area contributed by atoms with Crippen LogP contribution in [0.15, 0.2) is 0 Å². The maximum absolute atomic E-state index is 10.3. The second kappa shape index (κ2) is 4.62. The first-order valence-electron chi connectivity index (χ1n) is 3.76. The van der Waals surface area contributed by atoms with Crippen LogP contribution in [0.25, 0.3) is 0 Å². The summed E-state index contributed by atoms with van der Waals surface area (Å²) in [6, 6.07) is 0. The Kier molecular flexibility index (Phi) is 3.72. The van der Waals surface area contributed by atoms with E-state index in [0.29, 0.717) is 11.9 Å². The smallest absolute Gasteiger partial charge is 0.227 e. The first kappa shape index (κ1) is 8.87. The molecule has 0 bridgehead atoms. The number of hydrogen-bond donors (Lipinski definition) is 1. The van der Waals surface area contributed by atoms with Crippen LogP contribution in [0.1, 0.15) is 12.8 Å². The highest BCUT2D eigenvalue weighted by Gasteiger charge is 2.14. The summed E-state index contributed by atoms with van der Waals surface area (Å²) in [5.41, 5.74) is 4.98. The van der Waals surface area contributed by atoms with E-state index in [0.717, 1.165) is 25.2 Å². The minimum atomic E-state index is -0.243. The molecule has 4 heteroatoms. The average Bonchev–Trinajstić information content (AvgIpc) is 2.39. The van der Waals surface area contributed by atoms with Crippen LogP contribution in [-0.2, 0) is 9.53 Å². The van der Waals surface area contributed by atoms with Crippen molar-refractivity contribution in [3.05, 3.63) is 0 Å². The van der Waals surface area contributed by atoms with Gasteiger partial charge in [0.25, 0.3) is 0 Å². The van der Waals surface area contributed by atoms with E-state index in [1.54, 1.807) is 11.8 Å². The third-order valence-electron chi connectivity index (χ3n) is 1.57. The molecule has 1 aliphatic heterocycles. The Balaban J connectivity index is 1.98. The van der Waals surface area contributed by atoms with Gasteiger partial charge >= 0.3 is 0 Å². The molecule has 1 fully saturated rings. The van der Waals surface area contributed by atoms with E-state index in [1.807, 2.05) is 0 Å². The van der Waals surface area contributed by atoms with Crippen LogP contribution in [0.5, 0.6) is 0 Å². The van der Waals surface area contributed by atoms with Gasteiger partial charge in [0.2, 0.25) is 5.91 Å². The Bertz CT molecular complexity index is 134. The first-order chi connectivity index (χ1) is 5.29. The van der Waals surface area contributed by atoms with Gasteiger partial charge in [0, 0.05) is 12.4 Å². The van der Waals surface area contributed by atoms with Gasteiger partial charge in [0.05, 0.1) is 11.9 Å². The molecule has 64 valence electrons. The summed E-state index contributed by atoms with van der Waals surface area (Å²) in [5.74, 6) is 1.08. The van der Waals surface area contributed by atoms with Crippen LogP contribution in [0, 0.1) is 0 Å². The second-order valence-electron chi connectivity index (χ2n) is 2.62. The fourth-order valence-electron chi connectivity index (χ4n) is 1.07. The van der Waals surface area contributed by atoms with Crippen LogP contribution in [0.3, 0.4) is 0 Å². The molecule has 1 saturated heterocycles. The minimum Gasteiger partial charge on any atom is -0.377 e. The number of nitrogens with two attached hydrogens (primary N) is 1. The van der Waals surface area contributed by atoms with E-state index in [4.69, 9.17) is 10.5 Å². The van der Waals surface area contributed by atoms with Crippen molar-refractivity contribution in [3.63, 3.8) is 0 Å². The van der Waals surface area contributed by atoms with E-state index < -0.39 is 0 Å². The lowest BCUT2D eigenvalue weighted by molar-refractivity contribution is -0.115. The number of rotatable bonds is 4. The van der Waals surface area contributed by atoms with Gasteiger partial charge in [-0.25, -0.2) is 0 Å². The highest BCUT2D eigenvalue weighted by molar-refractivity contribution is 7.99. The van der Waals surface area contributed by atoms with Crippen LogP contribution in [0.2, 0.25) is 0 Å². The molecule has 1 rings (SSSR count). The minimum absolute atomic E-state index is 0.243.